The molecule has 2 saturated carbocycles. The van der Waals surface area contributed by atoms with Gasteiger partial charge in [-0.15, -0.1) is 0 Å². The average molecular weight is 431 g/mol. The van der Waals surface area contributed by atoms with Crippen LogP contribution >= 0.6 is 0 Å². The molecule has 2 aliphatic carbocycles. The molecule has 2 fully saturated rings. The molecule has 0 radical (unpaired) electrons. The van der Waals surface area contributed by atoms with Gasteiger partial charge in [0, 0.05) is 0 Å². The highest BCUT2D eigenvalue weighted by Gasteiger charge is 2.26. The second-order valence-corrected chi connectivity index (χ2v) is 11.2. The molecule has 0 heteroatoms. The second-order valence-electron chi connectivity index (χ2n) is 11.2. The van der Waals surface area contributed by atoms with Crippen molar-refractivity contribution in [1.29, 1.82) is 0 Å². The summed E-state index contributed by atoms with van der Waals surface area (Å²) in [5.41, 5.74) is 4.64. The van der Waals surface area contributed by atoms with E-state index in [-0.39, 0.29) is 0 Å². The zero-order chi connectivity index (χ0) is 22.2. The highest BCUT2D eigenvalue weighted by Crippen LogP contribution is 2.41. The minimum absolute atomic E-state index is 0.718. The van der Waals surface area contributed by atoms with Gasteiger partial charge in [-0.1, -0.05) is 113 Å². The third kappa shape index (κ3) is 6.72. The first kappa shape index (κ1) is 23.6. The van der Waals surface area contributed by atoms with Gasteiger partial charge in [0.15, 0.2) is 0 Å². The monoisotopic (exact) mass is 430 g/mol. The van der Waals surface area contributed by atoms with E-state index in [1.807, 2.05) is 0 Å². The minimum atomic E-state index is 0.718. The summed E-state index contributed by atoms with van der Waals surface area (Å²) in [6.45, 7) is 4.70. The lowest BCUT2D eigenvalue weighted by atomic mass is 9.73. The third-order valence-corrected chi connectivity index (χ3v) is 8.84. The van der Waals surface area contributed by atoms with Crippen LogP contribution in [0.4, 0.5) is 0 Å². The third-order valence-electron chi connectivity index (χ3n) is 8.84. The molecule has 4 rings (SSSR count). The average Bonchev–Trinajstić information content (AvgIpc) is 2.85. The molecule has 0 bridgehead atoms. The molecule has 0 amide bonds. The molecule has 0 saturated heterocycles. The maximum absolute atomic E-state index is 2.43. The van der Waals surface area contributed by atoms with E-state index in [1.54, 1.807) is 5.56 Å². The van der Waals surface area contributed by atoms with Gasteiger partial charge in [-0.2, -0.15) is 0 Å². The number of hydrogen-bond donors (Lipinski definition) is 0. The SMILES string of the molecule is CCCc1ccc(C2CCC(CCC3CCC(CC(C)c4ccccc4)CC3)CC2)cc1. The Hall–Kier alpha value is -1.56. The summed E-state index contributed by atoms with van der Waals surface area (Å²) in [4.78, 5) is 0. The van der Waals surface area contributed by atoms with E-state index in [4.69, 9.17) is 0 Å². The van der Waals surface area contributed by atoms with Crippen molar-refractivity contribution in [2.45, 2.75) is 109 Å². The highest BCUT2D eigenvalue weighted by molar-refractivity contribution is 5.26. The summed E-state index contributed by atoms with van der Waals surface area (Å²) >= 11 is 0. The molecule has 0 nitrogen and oxygen atoms in total. The first-order chi connectivity index (χ1) is 15.7. The van der Waals surface area contributed by atoms with E-state index in [2.05, 4.69) is 68.4 Å². The zero-order valence-electron chi connectivity index (χ0n) is 20.8. The Morgan fingerprint density at radius 3 is 1.84 bits per heavy atom. The Bertz CT molecular complexity index is 757. The van der Waals surface area contributed by atoms with Gasteiger partial charge in [0.1, 0.15) is 0 Å². The normalized spacial score (nSPS) is 27.2. The second kappa shape index (κ2) is 12.1. The zero-order valence-corrected chi connectivity index (χ0v) is 20.8. The Labute approximate surface area is 198 Å². The molecule has 2 aromatic rings. The largest absolute Gasteiger partial charge is 0.0651 e. The van der Waals surface area contributed by atoms with E-state index in [0.717, 1.165) is 29.6 Å². The maximum atomic E-state index is 2.43. The van der Waals surface area contributed by atoms with Gasteiger partial charge in [-0.25, -0.2) is 0 Å². The number of aryl methyl sites for hydroxylation is 1. The Balaban J connectivity index is 1.12. The lowest BCUT2D eigenvalue weighted by Gasteiger charge is -2.33. The van der Waals surface area contributed by atoms with Gasteiger partial charge in [0.2, 0.25) is 0 Å². The van der Waals surface area contributed by atoms with Crippen LogP contribution in [-0.2, 0) is 6.42 Å². The van der Waals surface area contributed by atoms with Crippen LogP contribution in [0.5, 0.6) is 0 Å². The topological polar surface area (TPSA) is 0 Å². The molecular weight excluding hydrogens is 384 g/mol. The van der Waals surface area contributed by atoms with Crippen molar-refractivity contribution in [2.24, 2.45) is 17.8 Å². The van der Waals surface area contributed by atoms with Crippen LogP contribution < -0.4 is 0 Å². The molecule has 0 heterocycles. The van der Waals surface area contributed by atoms with E-state index in [1.165, 1.54) is 94.6 Å². The summed E-state index contributed by atoms with van der Waals surface area (Å²) in [7, 11) is 0. The Kier molecular flexibility index (Phi) is 8.89. The lowest BCUT2D eigenvalue weighted by Crippen LogP contribution is -2.18. The van der Waals surface area contributed by atoms with Crippen molar-refractivity contribution in [1.82, 2.24) is 0 Å². The maximum Gasteiger partial charge on any atom is -0.0162 e. The van der Waals surface area contributed by atoms with E-state index >= 15 is 0 Å². The molecule has 0 aromatic heterocycles. The summed E-state index contributed by atoms with van der Waals surface area (Å²) in [5.74, 6) is 4.52. The van der Waals surface area contributed by atoms with E-state index in [9.17, 15) is 0 Å². The minimum Gasteiger partial charge on any atom is -0.0651 e. The van der Waals surface area contributed by atoms with Crippen LogP contribution in [0.1, 0.15) is 119 Å². The van der Waals surface area contributed by atoms with Gasteiger partial charge >= 0.3 is 0 Å². The van der Waals surface area contributed by atoms with Gasteiger partial charge in [-0.3, -0.25) is 0 Å². The van der Waals surface area contributed by atoms with Crippen LogP contribution in [0.15, 0.2) is 54.6 Å². The molecular formula is C32H46. The van der Waals surface area contributed by atoms with Gasteiger partial charge in [0.25, 0.3) is 0 Å². The molecule has 0 aliphatic heterocycles. The predicted octanol–water partition coefficient (Wildman–Crippen LogP) is 9.69. The fourth-order valence-corrected chi connectivity index (χ4v) is 6.67. The smallest absolute Gasteiger partial charge is 0.0162 e. The van der Waals surface area contributed by atoms with Crippen molar-refractivity contribution in [3.63, 3.8) is 0 Å². The van der Waals surface area contributed by atoms with Crippen molar-refractivity contribution < 1.29 is 0 Å². The summed E-state index contributed by atoms with van der Waals surface area (Å²) in [5, 5.41) is 0. The van der Waals surface area contributed by atoms with Crippen molar-refractivity contribution in [3.05, 3.63) is 71.3 Å². The molecule has 174 valence electrons. The van der Waals surface area contributed by atoms with Gasteiger partial charge < -0.3 is 0 Å². The summed E-state index contributed by atoms with van der Waals surface area (Å²) in [6, 6.07) is 20.8. The predicted molar refractivity (Wildman–Crippen MR) is 139 cm³/mol. The standard InChI is InChI=1S/C32H46/c1-3-7-26-16-20-31(21-17-26)32-22-18-28(19-23-32)11-10-27-12-14-29(15-13-27)24-25(2)30-8-5-4-6-9-30/h4-6,8-9,16-17,20-21,25,27-29,32H,3,7,10-15,18-19,22-24H2,1-2H3. The quantitative estimate of drug-likeness (QED) is 0.371. The fourth-order valence-electron chi connectivity index (χ4n) is 6.67. The van der Waals surface area contributed by atoms with E-state index < -0.39 is 0 Å². The molecule has 2 aliphatic rings. The Morgan fingerprint density at radius 2 is 1.25 bits per heavy atom. The van der Waals surface area contributed by atoms with Crippen LogP contribution in [0.2, 0.25) is 0 Å². The van der Waals surface area contributed by atoms with Crippen molar-refractivity contribution in [3.8, 4) is 0 Å². The van der Waals surface area contributed by atoms with Crippen LogP contribution in [0.25, 0.3) is 0 Å². The highest BCUT2D eigenvalue weighted by atomic mass is 14.3. The molecule has 1 atom stereocenters. The first-order valence-electron chi connectivity index (χ1n) is 13.8. The van der Waals surface area contributed by atoms with Crippen molar-refractivity contribution >= 4 is 0 Å². The molecule has 1 unspecified atom stereocenters. The number of rotatable bonds is 9. The Morgan fingerprint density at radius 1 is 0.688 bits per heavy atom. The van der Waals surface area contributed by atoms with Gasteiger partial charge in [-0.05, 0) is 84.8 Å². The van der Waals surface area contributed by atoms with Gasteiger partial charge in [0.05, 0.1) is 0 Å². The lowest BCUT2D eigenvalue weighted by molar-refractivity contribution is 0.220. The number of benzene rings is 2. The van der Waals surface area contributed by atoms with Crippen LogP contribution in [0.3, 0.4) is 0 Å². The molecule has 32 heavy (non-hydrogen) atoms. The summed E-state index contributed by atoms with van der Waals surface area (Å²) in [6.07, 6.45) is 18.6. The fraction of sp³-hybridized carbons (Fsp3) is 0.625. The van der Waals surface area contributed by atoms with E-state index in [0.29, 0.717) is 0 Å². The molecule has 0 N–H and O–H groups in total. The van der Waals surface area contributed by atoms with Crippen LogP contribution in [-0.4, -0.2) is 0 Å². The number of hydrogen-bond acceptors (Lipinski definition) is 0. The molecule has 0 spiro atoms. The van der Waals surface area contributed by atoms with Crippen LogP contribution in [0, 0.1) is 17.8 Å². The molecule has 2 aromatic carbocycles. The van der Waals surface area contributed by atoms with Crippen molar-refractivity contribution in [2.75, 3.05) is 0 Å². The summed E-state index contributed by atoms with van der Waals surface area (Å²) < 4.78 is 0. The first-order valence-corrected chi connectivity index (χ1v) is 13.8.